The summed E-state index contributed by atoms with van der Waals surface area (Å²) in [6.07, 6.45) is 4.77. The van der Waals surface area contributed by atoms with Crippen LogP contribution < -0.4 is 0 Å². The highest BCUT2D eigenvalue weighted by Gasteiger charge is 2.29. The number of hydrogen-bond donors (Lipinski definition) is 1. The highest BCUT2D eigenvalue weighted by atomic mass is 16.3. The van der Waals surface area contributed by atoms with E-state index in [4.69, 9.17) is 0 Å². The Morgan fingerprint density at radius 2 is 2.12 bits per heavy atom. The second kappa shape index (κ2) is 4.38. The fraction of sp³-hybridized carbons (Fsp3) is 0.833. The molecule has 0 amide bonds. The van der Waals surface area contributed by atoms with Gasteiger partial charge in [-0.05, 0) is 39.3 Å². The van der Waals surface area contributed by atoms with Crippen LogP contribution in [0, 0.1) is 0 Å². The molecule has 0 saturated carbocycles. The van der Waals surface area contributed by atoms with Crippen molar-refractivity contribution in [2.24, 2.45) is 0 Å². The molecule has 0 aromatic carbocycles. The molecule has 17 heavy (non-hydrogen) atoms. The topological polar surface area (TPSA) is 54.2 Å². The fourth-order valence-corrected chi connectivity index (χ4v) is 3.06. The summed E-state index contributed by atoms with van der Waals surface area (Å²) in [5.74, 6) is 2.40. The van der Waals surface area contributed by atoms with Crippen LogP contribution in [0.2, 0.25) is 0 Å². The summed E-state index contributed by atoms with van der Waals surface area (Å²) in [5.41, 5.74) is 0. The van der Waals surface area contributed by atoms with Crippen molar-refractivity contribution in [1.82, 2.24) is 19.7 Å². The molecule has 1 aromatic heterocycles. The molecule has 94 valence electrons. The molecule has 1 N–H and O–H groups in total. The van der Waals surface area contributed by atoms with Gasteiger partial charge in [0.2, 0.25) is 0 Å². The van der Waals surface area contributed by atoms with Crippen molar-refractivity contribution in [3.63, 3.8) is 0 Å². The molecule has 2 aliphatic rings. The minimum Gasteiger partial charge on any atom is -0.373 e. The Kier molecular flexibility index (Phi) is 2.88. The SMILES string of the molecule is CN1CCCC(c2nnc3n2C(O)CCC3)C1. The number of hydrogen-bond acceptors (Lipinski definition) is 4. The van der Waals surface area contributed by atoms with Gasteiger partial charge in [-0.1, -0.05) is 0 Å². The van der Waals surface area contributed by atoms with Gasteiger partial charge < -0.3 is 10.0 Å². The summed E-state index contributed by atoms with van der Waals surface area (Å²) < 4.78 is 1.98. The van der Waals surface area contributed by atoms with Crippen molar-refractivity contribution in [3.8, 4) is 0 Å². The quantitative estimate of drug-likeness (QED) is 0.787. The summed E-state index contributed by atoms with van der Waals surface area (Å²) in [5, 5.41) is 18.7. The molecular weight excluding hydrogens is 216 g/mol. The third-order valence-electron chi connectivity index (χ3n) is 3.94. The van der Waals surface area contributed by atoms with Crippen molar-refractivity contribution in [1.29, 1.82) is 0 Å². The predicted molar refractivity (Wildman–Crippen MR) is 63.7 cm³/mol. The third kappa shape index (κ3) is 1.98. The molecule has 2 atom stereocenters. The van der Waals surface area contributed by atoms with Crippen molar-refractivity contribution in [3.05, 3.63) is 11.6 Å². The molecular formula is C12H20N4O. The zero-order valence-electron chi connectivity index (χ0n) is 10.3. The molecule has 0 spiro atoms. The molecule has 0 radical (unpaired) electrons. The Balaban J connectivity index is 1.90. The average molecular weight is 236 g/mol. The number of aliphatic hydroxyl groups excluding tert-OH is 1. The largest absolute Gasteiger partial charge is 0.373 e. The molecule has 3 rings (SSSR count). The Labute approximate surface area is 101 Å². The highest BCUT2D eigenvalue weighted by molar-refractivity contribution is 5.07. The maximum atomic E-state index is 10.1. The van der Waals surface area contributed by atoms with Gasteiger partial charge in [-0.2, -0.15) is 0 Å². The standard InChI is InChI=1S/C12H20N4O/c1-15-7-3-4-9(8-15)12-14-13-10-5-2-6-11(17)16(10)12/h9,11,17H,2-8H2,1H3. The van der Waals surface area contributed by atoms with Crippen LogP contribution >= 0.6 is 0 Å². The molecule has 5 nitrogen and oxygen atoms in total. The van der Waals surface area contributed by atoms with Gasteiger partial charge >= 0.3 is 0 Å². The van der Waals surface area contributed by atoms with E-state index in [9.17, 15) is 5.11 Å². The summed E-state index contributed by atoms with van der Waals surface area (Å²) in [4.78, 5) is 2.34. The summed E-state index contributed by atoms with van der Waals surface area (Å²) in [6, 6.07) is 0. The number of aliphatic hydroxyl groups is 1. The van der Waals surface area contributed by atoms with E-state index in [2.05, 4.69) is 22.1 Å². The van der Waals surface area contributed by atoms with Gasteiger partial charge in [0, 0.05) is 18.9 Å². The van der Waals surface area contributed by atoms with Crippen molar-refractivity contribution >= 4 is 0 Å². The first kappa shape index (κ1) is 11.2. The van der Waals surface area contributed by atoms with Crippen LogP contribution in [0.4, 0.5) is 0 Å². The van der Waals surface area contributed by atoms with Gasteiger partial charge in [-0.15, -0.1) is 10.2 Å². The molecule has 1 fully saturated rings. The minimum absolute atomic E-state index is 0.406. The van der Waals surface area contributed by atoms with E-state index in [1.807, 2.05) is 4.57 Å². The van der Waals surface area contributed by atoms with Gasteiger partial charge in [0.1, 0.15) is 17.9 Å². The smallest absolute Gasteiger partial charge is 0.139 e. The zero-order chi connectivity index (χ0) is 11.8. The highest BCUT2D eigenvalue weighted by Crippen LogP contribution is 2.30. The van der Waals surface area contributed by atoms with Gasteiger partial charge in [-0.25, -0.2) is 0 Å². The molecule has 2 aliphatic heterocycles. The van der Waals surface area contributed by atoms with Gasteiger partial charge in [0.05, 0.1) is 0 Å². The molecule has 5 heteroatoms. The van der Waals surface area contributed by atoms with Crippen LogP contribution in [0.3, 0.4) is 0 Å². The molecule has 1 saturated heterocycles. The minimum atomic E-state index is -0.406. The fourth-order valence-electron chi connectivity index (χ4n) is 3.06. The van der Waals surface area contributed by atoms with Gasteiger partial charge in [0.15, 0.2) is 0 Å². The van der Waals surface area contributed by atoms with Crippen molar-refractivity contribution in [2.75, 3.05) is 20.1 Å². The van der Waals surface area contributed by atoms with Crippen molar-refractivity contribution in [2.45, 2.75) is 44.2 Å². The molecule has 0 aliphatic carbocycles. The number of likely N-dealkylation sites (N-methyl/N-ethyl adjacent to an activating group) is 1. The summed E-state index contributed by atoms with van der Waals surface area (Å²) in [7, 11) is 2.15. The molecule has 3 heterocycles. The number of aryl methyl sites for hydroxylation is 1. The number of piperidine rings is 1. The van der Waals surface area contributed by atoms with Gasteiger partial charge in [0.25, 0.3) is 0 Å². The maximum absolute atomic E-state index is 10.1. The lowest BCUT2D eigenvalue weighted by atomic mass is 9.97. The van der Waals surface area contributed by atoms with E-state index in [1.54, 1.807) is 0 Å². The Morgan fingerprint density at radius 1 is 1.24 bits per heavy atom. The van der Waals surface area contributed by atoms with E-state index in [0.29, 0.717) is 5.92 Å². The number of rotatable bonds is 1. The Hall–Kier alpha value is -0.940. The second-order valence-electron chi connectivity index (χ2n) is 5.32. The number of likely N-dealkylation sites (tertiary alicyclic amines) is 1. The lowest BCUT2D eigenvalue weighted by molar-refractivity contribution is 0.0717. The van der Waals surface area contributed by atoms with E-state index < -0.39 is 6.23 Å². The molecule has 1 aromatic rings. The third-order valence-corrected chi connectivity index (χ3v) is 3.94. The van der Waals surface area contributed by atoms with Crippen LogP contribution in [0.1, 0.15) is 49.5 Å². The second-order valence-corrected chi connectivity index (χ2v) is 5.32. The van der Waals surface area contributed by atoms with Gasteiger partial charge in [-0.3, -0.25) is 4.57 Å². The van der Waals surface area contributed by atoms with Crippen LogP contribution in [0.15, 0.2) is 0 Å². The van der Waals surface area contributed by atoms with E-state index in [0.717, 1.165) is 43.9 Å². The van der Waals surface area contributed by atoms with Crippen LogP contribution in [-0.2, 0) is 6.42 Å². The first-order valence-corrected chi connectivity index (χ1v) is 6.56. The maximum Gasteiger partial charge on any atom is 0.139 e. The van der Waals surface area contributed by atoms with E-state index in [-0.39, 0.29) is 0 Å². The summed E-state index contributed by atoms with van der Waals surface area (Å²) >= 11 is 0. The number of fused-ring (bicyclic) bond motifs is 1. The van der Waals surface area contributed by atoms with Crippen LogP contribution in [0.5, 0.6) is 0 Å². The molecule has 0 bridgehead atoms. The van der Waals surface area contributed by atoms with Crippen LogP contribution in [0.25, 0.3) is 0 Å². The normalized spacial score (nSPS) is 30.2. The van der Waals surface area contributed by atoms with Crippen LogP contribution in [-0.4, -0.2) is 44.9 Å². The Bertz CT molecular complexity index is 403. The Morgan fingerprint density at radius 3 is 2.94 bits per heavy atom. The lowest BCUT2D eigenvalue weighted by Gasteiger charge is -2.31. The average Bonchev–Trinajstić information content (AvgIpc) is 2.74. The number of aromatic nitrogens is 3. The predicted octanol–water partition coefficient (Wildman–Crippen LogP) is 0.914. The summed E-state index contributed by atoms with van der Waals surface area (Å²) in [6.45, 7) is 2.20. The lowest BCUT2D eigenvalue weighted by Crippen LogP contribution is -2.33. The van der Waals surface area contributed by atoms with Crippen molar-refractivity contribution < 1.29 is 5.11 Å². The zero-order valence-corrected chi connectivity index (χ0v) is 10.3. The first-order valence-electron chi connectivity index (χ1n) is 6.56. The van der Waals surface area contributed by atoms with E-state index in [1.165, 1.54) is 13.0 Å². The number of nitrogens with zero attached hydrogens (tertiary/aromatic N) is 4. The first-order chi connectivity index (χ1) is 8.25. The van der Waals surface area contributed by atoms with E-state index >= 15 is 0 Å². The molecule has 2 unspecified atom stereocenters. The monoisotopic (exact) mass is 236 g/mol.